The Balaban J connectivity index is 1.58. The SMILES string of the molecule is Cc1ncc2c(n1)CCN(c1nc(-c3ccc(F)cc3)no1)C2. The van der Waals surface area contributed by atoms with Crippen LogP contribution in [0.2, 0.25) is 0 Å². The lowest BCUT2D eigenvalue weighted by molar-refractivity contribution is 0.410. The summed E-state index contributed by atoms with van der Waals surface area (Å²) in [4.78, 5) is 15.1. The Morgan fingerprint density at radius 3 is 2.83 bits per heavy atom. The smallest absolute Gasteiger partial charge is 0.320 e. The molecule has 23 heavy (non-hydrogen) atoms. The summed E-state index contributed by atoms with van der Waals surface area (Å²) in [6.07, 6.45) is 2.66. The van der Waals surface area contributed by atoms with Gasteiger partial charge in [-0.05, 0) is 31.2 Å². The maximum atomic E-state index is 13.0. The minimum absolute atomic E-state index is 0.291. The van der Waals surface area contributed by atoms with Crippen molar-refractivity contribution in [2.24, 2.45) is 0 Å². The van der Waals surface area contributed by atoms with Crippen LogP contribution in [-0.2, 0) is 13.0 Å². The number of aromatic nitrogens is 4. The van der Waals surface area contributed by atoms with E-state index in [1.165, 1.54) is 12.1 Å². The predicted octanol–water partition coefficient (Wildman–Crippen LogP) is 2.54. The van der Waals surface area contributed by atoms with Gasteiger partial charge in [0.1, 0.15) is 11.6 Å². The van der Waals surface area contributed by atoms with Crippen LogP contribution in [0.5, 0.6) is 0 Å². The zero-order chi connectivity index (χ0) is 15.8. The largest absolute Gasteiger partial charge is 0.324 e. The van der Waals surface area contributed by atoms with Crippen molar-refractivity contribution in [3.05, 3.63) is 53.4 Å². The van der Waals surface area contributed by atoms with E-state index in [-0.39, 0.29) is 5.82 Å². The third-order valence-corrected chi connectivity index (χ3v) is 3.84. The molecule has 3 heterocycles. The molecule has 0 atom stereocenters. The van der Waals surface area contributed by atoms with Crippen molar-refractivity contribution in [2.75, 3.05) is 11.4 Å². The van der Waals surface area contributed by atoms with Gasteiger partial charge in [-0.3, -0.25) is 0 Å². The molecule has 1 aliphatic rings. The highest BCUT2D eigenvalue weighted by molar-refractivity contribution is 5.55. The third kappa shape index (κ3) is 2.65. The molecule has 7 heteroatoms. The molecular weight excluding hydrogens is 297 g/mol. The van der Waals surface area contributed by atoms with Crippen molar-refractivity contribution in [3.8, 4) is 11.4 Å². The standard InChI is InChI=1S/C16H14FN5O/c1-10-18-8-12-9-22(7-6-14(12)19-10)16-20-15(21-23-16)11-2-4-13(17)5-3-11/h2-5,8H,6-7,9H2,1H3. The number of fused-ring (bicyclic) bond motifs is 1. The van der Waals surface area contributed by atoms with E-state index in [1.807, 2.05) is 18.0 Å². The minimum atomic E-state index is -0.291. The molecule has 0 bridgehead atoms. The third-order valence-electron chi connectivity index (χ3n) is 3.84. The fourth-order valence-electron chi connectivity index (χ4n) is 2.64. The highest BCUT2D eigenvalue weighted by atomic mass is 19.1. The van der Waals surface area contributed by atoms with Crippen LogP contribution in [0.1, 0.15) is 17.1 Å². The van der Waals surface area contributed by atoms with Crippen molar-refractivity contribution in [1.29, 1.82) is 0 Å². The molecule has 0 spiro atoms. The molecule has 0 saturated heterocycles. The van der Waals surface area contributed by atoms with E-state index >= 15 is 0 Å². The second-order valence-electron chi connectivity index (χ2n) is 5.47. The molecule has 0 aliphatic carbocycles. The van der Waals surface area contributed by atoms with Crippen LogP contribution in [0.4, 0.5) is 10.4 Å². The Hall–Kier alpha value is -2.83. The minimum Gasteiger partial charge on any atom is -0.320 e. The molecule has 4 rings (SSSR count). The number of hydrogen-bond donors (Lipinski definition) is 0. The normalized spacial score (nSPS) is 13.9. The number of benzene rings is 1. The summed E-state index contributed by atoms with van der Waals surface area (Å²) in [5, 5.41) is 3.98. The summed E-state index contributed by atoms with van der Waals surface area (Å²) in [5.41, 5.74) is 2.87. The first-order valence-electron chi connectivity index (χ1n) is 7.35. The van der Waals surface area contributed by atoms with Crippen LogP contribution in [-0.4, -0.2) is 26.7 Å². The highest BCUT2D eigenvalue weighted by Gasteiger charge is 2.22. The molecule has 0 N–H and O–H groups in total. The fourth-order valence-corrected chi connectivity index (χ4v) is 2.64. The van der Waals surface area contributed by atoms with Crippen molar-refractivity contribution in [1.82, 2.24) is 20.1 Å². The van der Waals surface area contributed by atoms with Crippen molar-refractivity contribution in [2.45, 2.75) is 19.9 Å². The van der Waals surface area contributed by atoms with Crippen LogP contribution in [0, 0.1) is 12.7 Å². The lowest BCUT2D eigenvalue weighted by Crippen LogP contribution is -2.31. The molecule has 0 radical (unpaired) electrons. The van der Waals surface area contributed by atoms with E-state index in [1.54, 1.807) is 12.1 Å². The number of anilines is 1. The number of halogens is 1. The maximum Gasteiger partial charge on any atom is 0.324 e. The van der Waals surface area contributed by atoms with E-state index < -0.39 is 0 Å². The van der Waals surface area contributed by atoms with E-state index in [0.717, 1.165) is 35.6 Å². The van der Waals surface area contributed by atoms with Gasteiger partial charge in [-0.2, -0.15) is 4.98 Å². The van der Waals surface area contributed by atoms with Gasteiger partial charge < -0.3 is 9.42 Å². The first kappa shape index (κ1) is 13.8. The van der Waals surface area contributed by atoms with Crippen molar-refractivity contribution >= 4 is 6.01 Å². The van der Waals surface area contributed by atoms with Gasteiger partial charge in [0, 0.05) is 30.3 Å². The maximum absolute atomic E-state index is 13.0. The summed E-state index contributed by atoms with van der Waals surface area (Å²) >= 11 is 0. The van der Waals surface area contributed by atoms with E-state index in [4.69, 9.17) is 4.52 Å². The highest BCUT2D eigenvalue weighted by Crippen LogP contribution is 2.24. The average Bonchev–Trinajstić information content (AvgIpc) is 3.05. The molecule has 1 aromatic carbocycles. The van der Waals surface area contributed by atoms with Gasteiger partial charge >= 0.3 is 6.01 Å². The van der Waals surface area contributed by atoms with E-state index in [0.29, 0.717) is 18.4 Å². The first-order valence-corrected chi connectivity index (χ1v) is 7.35. The van der Waals surface area contributed by atoms with Crippen molar-refractivity contribution in [3.63, 3.8) is 0 Å². The molecule has 0 amide bonds. The molecule has 0 saturated carbocycles. The quantitative estimate of drug-likeness (QED) is 0.724. The summed E-state index contributed by atoms with van der Waals surface area (Å²) < 4.78 is 18.3. The number of nitrogens with zero attached hydrogens (tertiary/aromatic N) is 5. The Bertz CT molecular complexity index is 846. The lowest BCUT2D eigenvalue weighted by atomic mass is 10.1. The lowest BCUT2D eigenvalue weighted by Gasteiger charge is -2.25. The van der Waals surface area contributed by atoms with Gasteiger partial charge in [0.2, 0.25) is 5.82 Å². The molecule has 6 nitrogen and oxygen atoms in total. The predicted molar refractivity (Wildman–Crippen MR) is 81.2 cm³/mol. The Morgan fingerprint density at radius 1 is 1.17 bits per heavy atom. The number of rotatable bonds is 2. The summed E-state index contributed by atoms with van der Waals surface area (Å²) in [6.45, 7) is 3.29. The molecule has 116 valence electrons. The van der Waals surface area contributed by atoms with Gasteiger partial charge in [0.25, 0.3) is 0 Å². The van der Waals surface area contributed by atoms with Gasteiger partial charge in [-0.15, -0.1) is 0 Å². The van der Waals surface area contributed by atoms with Crippen LogP contribution in [0.25, 0.3) is 11.4 Å². The molecule has 1 aliphatic heterocycles. The number of aryl methyl sites for hydroxylation is 1. The monoisotopic (exact) mass is 311 g/mol. The summed E-state index contributed by atoms with van der Waals surface area (Å²) in [6, 6.07) is 6.47. The summed E-state index contributed by atoms with van der Waals surface area (Å²) in [7, 11) is 0. The molecular formula is C16H14FN5O. The van der Waals surface area contributed by atoms with Gasteiger partial charge in [0.15, 0.2) is 0 Å². The van der Waals surface area contributed by atoms with Crippen LogP contribution >= 0.6 is 0 Å². The topological polar surface area (TPSA) is 67.9 Å². The van der Waals surface area contributed by atoms with Crippen LogP contribution < -0.4 is 4.90 Å². The number of hydrogen-bond acceptors (Lipinski definition) is 6. The summed E-state index contributed by atoms with van der Waals surface area (Å²) in [5.74, 6) is 0.944. The molecule has 0 unspecified atom stereocenters. The van der Waals surface area contributed by atoms with Gasteiger partial charge in [-0.25, -0.2) is 14.4 Å². The van der Waals surface area contributed by atoms with Crippen molar-refractivity contribution < 1.29 is 8.91 Å². The van der Waals surface area contributed by atoms with E-state index in [9.17, 15) is 4.39 Å². The van der Waals surface area contributed by atoms with Crippen LogP contribution in [0.3, 0.4) is 0 Å². The first-order chi connectivity index (χ1) is 11.2. The molecule has 0 fully saturated rings. The second kappa shape index (κ2) is 5.42. The van der Waals surface area contributed by atoms with Gasteiger partial charge in [-0.1, -0.05) is 5.16 Å². The Labute approximate surface area is 132 Å². The molecule has 3 aromatic rings. The molecule has 2 aromatic heterocycles. The van der Waals surface area contributed by atoms with Crippen LogP contribution in [0.15, 0.2) is 35.0 Å². The Morgan fingerprint density at radius 2 is 2.00 bits per heavy atom. The zero-order valence-corrected chi connectivity index (χ0v) is 12.5. The second-order valence-corrected chi connectivity index (χ2v) is 5.47. The van der Waals surface area contributed by atoms with Gasteiger partial charge in [0.05, 0.1) is 12.2 Å². The fraction of sp³-hybridized carbons (Fsp3) is 0.250. The van der Waals surface area contributed by atoms with E-state index in [2.05, 4.69) is 20.1 Å². The Kier molecular flexibility index (Phi) is 3.25. The average molecular weight is 311 g/mol. The zero-order valence-electron chi connectivity index (χ0n) is 12.5.